The number of benzene rings is 8. The van der Waals surface area contributed by atoms with Crippen molar-refractivity contribution in [2.75, 3.05) is 0 Å². The summed E-state index contributed by atoms with van der Waals surface area (Å²) in [6.45, 7) is 0. The summed E-state index contributed by atoms with van der Waals surface area (Å²) in [5.41, 5.74) is 31.2. The first-order valence-electron chi connectivity index (χ1n) is 21.4. The average molecular weight is 755 g/mol. The lowest BCUT2D eigenvalue weighted by Gasteiger charge is -2.25. The summed E-state index contributed by atoms with van der Waals surface area (Å²) >= 11 is 0. The van der Waals surface area contributed by atoms with Crippen LogP contribution in [0.4, 0.5) is 0 Å². The third-order valence-electron chi connectivity index (χ3n) is 14.1. The molecule has 0 unspecified atom stereocenters. The molecule has 0 saturated carbocycles. The second kappa shape index (κ2) is 15.4. The molecule has 0 saturated heterocycles. The zero-order valence-corrected chi connectivity index (χ0v) is 37.0. The van der Waals surface area contributed by atoms with E-state index in [-0.39, 0.29) is 0 Å². The van der Waals surface area contributed by atoms with E-state index in [9.17, 15) is 0 Å². The minimum Gasteiger partial charge on any atom is -0.457 e. The van der Waals surface area contributed by atoms with Gasteiger partial charge >= 0.3 is 0 Å². The summed E-state index contributed by atoms with van der Waals surface area (Å²) in [6.07, 6.45) is 0. The maximum absolute atomic E-state index is 7.13. The third-order valence-corrected chi connectivity index (χ3v) is 14.1. The van der Waals surface area contributed by atoms with E-state index >= 15 is 0 Å². The van der Waals surface area contributed by atoms with E-state index < -0.39 is 0 Å². The van der Waals surface area contributed by atoms with Crippen LogP contribution in [0.5, 0.6) is 0 Å². The number of fused-ring (bicyclic) bond motifs is 3. The molecule has 0 atom stereocenters. The smallest absolute Gasteiger partial charge is 0.143 e. The fourth-order valence-electron chi connectivity index (χ4n) is 9.83. The summed E-state index contributed by atoms with van der Waals surface area (Å²) in [4.78, 5) is 0. The van der Waals surface area contributed by atoms with Gasteiger partial charge in [0.05, 0.1) is 0 Å². The summed E-state index contributed by atoms with van der Waals surface area (Å²) in [7, 11) is 25.1. The van der Waals surface area contributed by atoms with Gasteiger partial charge in [-0.05, 0) is 85.0 Å². The minimum atomic E-state index is 0.988. The number of hydrogen-bond donors (Lipinski definition) is 0. The SMILES string of the molecule is Bc1c(B)c(B)c(-c2c(B)c(B)c3oc4c(B)c(B)c(B)c(-c5cc(-c6ccc(-c7ccccc7)cc6)cc(-c6ccc(-c7ccccc7)cc6)c5)c4c3c2B)c(B)c1B. The predicted molar refractivity (Wildman–Crippen MR) is 296 cm³/mol. The van der Waals surface area contributed by atoms with Gasteiger partial charge in [-0.1, -0.05) is 153 Å². The quantitative estimate of drug-likeness (QED) is 0.155. The van der Waals surface area contributed by atoms with Crippen LogP contribution in [-0.4, -0.2) is 86.3 Å². The number of hydrogen-bond acceptors (Lipinski definition) is 1. The van der Waals surface area contributed by atoms with Gasteiger partial charge in [0.1, 0.15) is 97.5 Å². The van der Waals surface area contributed by atoms with Crippen molar-refractivity contribution < 1.29 is 4.42 Å². The molecule has 1 aromatic heterocycles. The molecule has 0 radical (unpaired) electrons. The third kappa shape index (κ3) is 6.42. The van der Waals surface area contributed by atoms with Gasteiger partial charge in [0.15, 0.2) is 0 Å². The number of rotatable bonds is 6. The van der Waals surface area contributed by atoms with Crippen molar-refractivity contribution in [3.8, 4) is 66.8 Å². The van der Waals surface area contributed by atoms with E-state index in [1.807, 2.05) is 0 Å². The molecule has 9 rings (SSSR count). The van der Waals surface area contributed by atoms with Crippen molar-refractivity contribution in [1.29, 1.82) is 0 Å². The lowest BCUT2D eigenvalue weighted by atomic mass is 9.57. The Hall–Kier alpha value is -5.73. The highest BCUT2D eigenvalue weighted by Gasteiger charge is 2.26. The molecule has 0 aliphatic heterocycles. The molecule has 0 aliphatic carbocycles. The second-order valence-corrected chi connectivity index (χ2v) is 17.2. The Balaban J connectivity index is 1.34. The van der Waals surface area contributed by atoms with Crippen molar-refractivity contribution in [2.24, 2.45) is 0 Å². The highest BCUT2D eigenvalue weighted by molar-refractivity contribution is 6.71. The summed E-state index contributed by atoms with van der Waals surface area (Å²) in [5.74, 6) is 0. The van der Waals surface area contributed by atoms with Crippen molar-refractivity contribution in [3.05, 3.63) is 127 Å². The van der Waals surface area contributed by atoms with Crippen molar-refractivity contribution in [1.82, 2.24) is 0 Å². The maximum atomic E-state index is 7.13. The van der Waals surface area contributed by atoms with Gasteiger partial charge in [-0.15, -0.1) is 16.4 Å². The van der Waals surface area contributed by atoms with Gasteiger partial charge in [0, 0.05) is 10.8 Å². The highest BCUT2D eigenvalue weighted by atomic mass is 16.3. The lowest BCUT2D eigenvalue weighted by molar-refractivity contribution is 0.675. The van der Waals surface area contributed by atoms with Gasteiger partial charge in [-0.2, -0.15) is 0 Å². The summed E-state index contributed by atoms with van der Waals surface area (Å²) < 4.78 is 7.13. The lowest BCUT2D eigenvalue weighted by Crippen LogP contribution is -2.56. The highest BCUT2D eigenvalue weighted by Crippen LogP contribution is 2.39. The van der Waals surface area contributed by atoms with E-state index in [1.165, 1.54) is 138 Å². The Kier molecular flexibility index (Phi) is 10.2. The first kappa shape index (κ1) is 39.7. The summed E-state index contributed by atoms with van der Waals surface area (Å²) in [6, 6.07) is 46.6. The van der Waals surface area contributed by atoms with E-state index in [4.69, 9.17) is 4.42 Å². The molecule has 1 nitrogen and oxygen atoms in total. The molecule has 60 heavy (non-hydrogen) atoms. The van der Waals surface area contributed by atoms with Gasteiger partial charge in [0.2, 0.25) is 0 Å². The van der Waals surface area contributed by atoms with Crippen LogP contribution in [0.3, 0.4) is 0 Å². The van der Waals surface area contributed by atoms with E-state index in [0.29, 0.717) is 0 Å². The molecule has 0 bridgehead atoms. The van der Waals surface area contributed by atoms with E-state index in [0.717, 1.165) is 11.2 Å². The van der Waals surface area contributed by atoms with Crippen LogP contribution >= 0.6 is 0 Å². The van der Waals surface area contributed by atoms with Crippen LogP contribution in [0, 0.1) is 0 Å². The van der Waals surface area contributed by atoms with Gasteiger partial charge in [0.25, 0.3) is 0 Å². The zero-order valence-electron chi connectivity index (χ0n) is 37.0. The molecule has 1 heterocycles. The Morgan fingerprint density at radius 1 is 0.233 bits per heavy atom. The van der Waals surface area contributed by atoms with E-state index in [2.05, 4.69) is 214 Å². The Labute approximate surface area is 365 Å². The largest absolute Gasteiger partial charge is 0.457 e. The zero-order chi connectivity index (χ0) is 42.1. The molecular formula is C48H43B11O. The molecule has 0 N–H and O–H groups in total. The Bertz CT molecular complexity index is 3050. The first-order valence-corrected chi connectivity index (χ1v) is 21.4. The Morgan fingerprint density at radius 2 is 0.533 bits per heavy atom. The Morgan fingerprint density at radius 3 is 1.00 bits per heavy atom. The number of furan rings is 1. The van der Waals surface area contributed by atoms with Crippen LogP contribution in [-0.2, 0) is 0 Å². The first-order chi connectivity index (χ1) is 28.8. The molecule has 0 aliphatic rings. The fraction of sp³-hybridized carbons (Fsp3) is 0. The van der Waals surface area contributed by atoms with Crippen molar-refractivity contribution in [2.45, 2.75) is 0 Å². The van der Waals surface area contributed by atoms with Gasteiger partial charge in [-0.25, -0.2) is 0 Å². The molecule has 0 spiro atoms. The van der Waals surface area contributed by atoms with Crippen LogP contribution in [0.1, 0.15) is 0 Å². The fourth-order valence-corrected chi connectivity index (χ4v) is 9.83. The molecule has 9 aromatic rings. The van der Waals surface area contributed by atoms with E-state index in [1.54, 1.807) is 0 Å². The standard InChI is InChI=1S/C48H43B11O/c49-36-33(34-38(51)41(54)44(57)42(55)39(34)52)40(53)45(58)48-35(36)32-31(37(50)43(56)46(59)47(32)60-48)30-20-28(26-15-11-24(12-16-26)22-7-3-1-4-8-22)19-29(21-30)27-17-13-25(14-18-27)23-9-5-2-6-10-23/h1-21H,49-59H2. The molecule has 0 amide bonds. The predicted octanol–water partition coefficient (Wildman–Crippen LogP) is -5.57. The second-order valence-electron chi connectivity index (χ2n) is 17.2. The normalized spacial score (nSPS) is 11.4. The van der Waals surface area contributed by atoms with Crippen LogP contribution in [0.15, 0.2) is 132 Å². The molecule has 274 valence electrons. The van der Waals surface area contributed by atoms with Crippen LogP contribution in [0.25, 0.3) is 88.7 Å². The minimum absolute atomic E-state index is 0.988. The summed E-state index contributed by atoms with van der Waals surface area (Å²) in [5, 5.41) is 2.44. The molecule has 12 heteroatoms. The maximum Gasteiger partial charge on any atom is 0.143 e. The molecular weight excluding hydrogens is 711 g/mol. The van der Waals surface area contributed by atoms with Gasteiger partial charge in [-0.3, -0.25) is 0 Å². The average Bonchev–Trinajstić information content (AvgIpc) is 3.69. The van der Waals surface area contributed by atoms with Crippen molar-refractivity contribution >= 4 is 168 Å². The van der Waals surface area contributed by atoms with Crippen LogP contribution in [0.2, 0.25) is 0 Å². The monoisotopic (exact) mass is 756 g/mol. The topological polar surface area (TPSA) is 13.1 Å². The molecule has 0 fully saturated rings. The van der Waals surface area contributed by atoms with Crippen LogP contribution < -0.4 is 60.1 Å². The molecule has 8 aromatic carbocycles. The van der Waals surface area contributed by atoms with Gasteiger partial charge < -0.3 is 4.42 Å². The van der Waals surface area contributed by atoms with Crippen molar-refractivity contribution in [3.63, 3.8) is 0 Å².